The first kappa shape index (κ1) is 12.5. The Morgan fingerprint density at radius 1 is 1.33 bits per heavy atom. The lowest BCUT2D eigenvalue weighted by molar-refractivity contribution is -0.142. The van der Waals surface area contributed by atoms with Crippen molar-refractivity contribution >= 4 is 23.4 Å². The van der Waals surface area contributed by atoms with Crippen molar-refractivity contribution in [2.45, 2.75) is 32.1 Å². The van der Waals surface area contributed by atoms with Gasteiger partial charge in [0.1, 0.15) is 0 Å². The van der Waals surface area contributed by atoms with Gasteiger partial charge in [0.25, 0.3) is 0 Å². The van der Waals surface area contributed by atoms with Crippen LogP contribution in [0, 0.1) is 11.8 Å². The number of halogens is 1. The van der Waals surface area contributed by atoms with Gasteiger partial charge in [0.05, 0.1) is 13.0 Å². The SMILES string of the molecule is COC(=O)CC1CCCCC1C(=O)CCl. The molecule has 0 aromatic carbocycles. The first-order valence-corrected chi connectivity index (χ1v) is 5.88. The fraction of sp³-hybridized carbons (Fsp3) is 0.818. The Morgan fingerprint density at radius 2 is 2.00 bits per heavy atom. The van der Waals surface area contributed by atoms with Crippen LogP contribution in [0.2, 0.25) is 0 Å². The maximum atomic E-state index is 11.6. The quantitative estimate of drug-likeness (QED) is 0.551. The predicted octanol–water partition coefficient (Wildman–Crippen LogP) is 2.16. The van der Waals surface area contributed by atoms with Gasteiger partial charge >= 0.3 is 5.97 Å². The highest BCUT2D eigenvalue weighted by Gasteiger charge is 2.31. The summed E-state index contributed by atoms with van der Waals surface area (Å²) in [5.41, 5.74) is 0. The van der Waals surface area contributed by atoms with Crippen molar-refractivity contribution in [1.29, 1.82) is 0 Å². The van der Waals surface area contributed by atoms with Crippen LogP contribution in [0.5, 0.6) is 0 Å². The number of hydrogen-bond donors (Lipinski definition) is 0. The van der Waals surface area contributed by atoms with E-state index in [2.05, 4.69) is 4.74 Å². The molecule has 0 saturated heterocycles. The van der Waals surface area contributed by atoms with E-state index >= 15 is 0 Å². The van der Waals surface area contributed by atoms with E-state index in [1.807, 2.05) is 0 Å². The smallest absolute Gasteiger partial charge is 0.305 e. The summed E-state index contributed by atoms with van der Waals surface area (Å²) < 4.78 is 4.63. The van der Waals surface area contributed by atoms with Gasteiger partial charge in [-0.1, -0.05) is 12.8 Å². The second-order valence-electron chi connectivity index (χ2n) is 4.03. The van der Waals surface area contributed by atoms with Crippen LogP contribution in [-0.4, -0.2) is 24.7 Å². The summed E-state index contributed by atoms with van der Waals surface area (Å²) in [6, 6.07) is 0. The number of ketones is 1. The minimum Gasteiger partial charge on any atom is -0.469 e. The molecule has 86 valence electrons. The molecule has 1 saturated carbocycles. The predicted molar refractivity (Wildman–Crippen MR) is 57.8 cm³/mol. The zero-order chi connectivity index (χ0) is 11.3. The molecular weight excluding hydrogens is 216 g/mol. The molecule has 0 aromatic rings. The van der Waals surface area contributed by atoms with Crippen molar-refractivity contribution in [1.82, 2.24) is 0 Å². The molecule has 0 aromatic heterocycles. The lowest BCUT2D eigenvalue weighted by Gasteiger charge is -2.29. The van der Waals surface area contributed by atoms with Crippen LogP contribution >= 0.6 is 11.6 Å². The third-order valence-electron chi connectivity index (χ3n) is 3.11. The fourth-order valence-corrected chi connectivity index (χ4v) is 2.47. The average Bonchev–Trinajstić information content (AvgIpc) is 2.28. The van der Waals surface area contributed by atoms with Crippen LogP contribution in [0.25, 0.3) is 0 Å². The molecule has 0 spiro atoms. The van der Waals surface area contributed by atoms with Gasteiger partial charge in [0.2, 0.25) is 0 Å². The molecule has 15 heavy (non-hydrogen) atoms. The highest BCUT2D eigenvalue weighted by Crippen LogP contribution is 2.33. The van der Waals surface area contributed by atoms with Gasteiger partial charge in [0.15, 0.2) is 5.78 Å². The molecule has 3 nitrogen and oxygen atoms in total. The maximum absolute atomic E-state index is 11.6. The van der Waals surface area contributed by atoms with E-state index in [4.69, 9.17) is 11.6 Å². The zero-order valence-electron chi connectivity index (χ0n) is 9.00. The van der Waals surface area contributed by atoms with E-state index in [9.17, 15) is 9.59 Å². The van der Waals surface area contributed by atoms with Crippen LogP contribution in [0.15, 0.2) is 0 Å². The normalized spacial score (nSPS) is 26.0. The van der Waals surface area contributed by atoms with Crippen molar-refractivity contribution in [2.75, 3.05) is 13.0 Å². The van der Waals surface area contributed by atoms with E-state index in [-0.39, 0.29) is 29.5 Å². The lowest BCUT2D eigenvalue weighted by atomic mass is 9.75. The summed E-state index contributed by atoms with van der Waals surface area (Å²) in [6.45, 7) is 0. The van der Waals surface area contributed by atoms with Gasteiger partial charge in [-0.05, 0) is 18.8 Å². The largest absolute Gasteiger partial charge is 0.469 e. The minimum atomic E-state index is -0.228. The molecule has 1 aliphatic carbocycles. The number of esters is 1. The van der Waals surface area contributed by atoms with Crippen LogP contribution in [0.4, 0.5) is 0 Å². The summed E-state index contributed by atoms with van der Waals surface area (Å²) in [5, 5.41) is 0. The first-order valence-electron chi connectivity index (χ1n) is 5.34. The molecule has 4 heteroatoms. The number of alkyl halides is 1. The number of hydrogen-bond acceptors (Lipinski definition) is 3. The van der Waals surface area contributed by atoms with E-state index < -0.39 is 0 Å². The van der Waals surface area contributed by atoms with Gasteiger partial charge < -0.3 is 4.74 Å². The molecule has 1 aliphatic rings. The zero-order valence-corrected chi connectivity index (χ0v) is 9.76. The maximum Gasteiger partial charge on any atom is 0.305 e. The molecule has 0 N–H and O–H groups in total. The van der Waals surface area contributed by atoms with Crippen molar-refractivity contribution in [3.05, 3.63) is 0 Å². The molecule has 0 heterocycles. The number of carbonyl (C=O) groups excluding carboxylic acids is 2. The summed E-state index contributed by atoms with van der Waals surface area (Å²) in [6.07, 6.45) is 4.30. The topological polar surface area (TPSA) is 43.4 Å². The van der Waals surface area contributed by atoms with Gasteiger partial charge in [-0.3, -0.25) is 9.59 Å². The van der Waals surface area contributed by atoms with Crippen LogP contribution in [0.3, 0.4) is 0 Å². The van der Waals surface area contributed by atoms with Gasteiger partial charge in [-0.25, -0.2) is 0 Å². The molecule has 0 amide bonds. The van der Waals surface area contributed by atoms with Gasteiger partial charge in [-0.2, -0.15) is 0 Å². The highest BCUT2D eigenvalue weighted by atomic mass is 35.5. The van der Waals surface area contributed by atoms with E-state index in [1.165, 1.54) is 7.11 Å². The van der Waals surface area contributed by atoms with Crippen molar-refractivity contribution in [3.8, 4) is 0 Å². The summed E-state index contributed by atoms with van der Waals surface area (Å²) in [5.74, 6) is 0.00912. The molecule has 2 atom stereocenters. The number of rotatable bonds is 4. The van der Waals surface area contributed by atoms with Crippen LogP contribution < -0.4 is 0 Å². The molecule has 1 fully saturated rings. The molecule has 2 unspecified atom stereocenters. The summed E-state index contributed by atoms with van der Waals surface area (Å²) in [4.78, 5) is 22.7. The summed E-state index contributed by atoms with van der Waals surface area (Å²) in [7, 11) is 1.38. The second kappa shape index (κ2) is 6.11. The standard InChI is InChI=1S/C11H17ClO3/c1-15-11(14)6-8-4-2-3-5-9(8)10(13)7-12/h8-9H,2-7H2,1H3. The van der Waals surface area contributed by atoms with Gasteiger partial charge in [0, 0.05) is 12.3 Å². The molecule has 0 bridgehead atoms. The minimum absolute atomic E-state index is 0.0321. The van der Waals surface area contributed by atoms with E-state index in [1.54, 1.807) is 0 Å². The molecule has 1 rings (SSSR count). The van der Waals surface area contributed by atoms with E-state index in [0.29, 0.717) is 6.42 Å². The Kier molecular flexibility index (Phi) is 5.09. The van der Waals surface area contributed by atoms with Crippen LogP contribution in [-0.2, 0) is 14.3 Å². The highest BCUT2D eigenvalue weighted by molar-refractivity contribution is 6.27. The summed E-state index contributed by atoms with van der Waals surface area (Å²) >= 11 is 5.56. The third-order valence-corrected chi connectivity index (χ3v) is 3.37. The number of carbonyl (C=O) groups is 2. The Labute approximate surface area is 95.1 Å². The Bertz CT molecular complexity index is 240. The van der Waals surface area contributed by atoms with Crippen LogP contribution in [0.1, 0.15) is 32.1 Å². The molecular formula is C11H17ClO3. The second-order valence-corrected chi connectivity index (χ2v) is 4.30. The number of Topliss-reactive ketones (excluding diaryl/α,β-unsaturated/α-hetero) is 1. The fourth-order valence-electron chi connectivity index (χ4n) is 2.27. The molecule has 0 radical (unpaired) electrons. The number of methoxy groups -OCH3 is 1. The van der Waals surface area contributed by atoms with E-state index in [0.717, 1.165) is 25.7 Å². The lowest BCUT2D eigenvalue weighted by Crippen LogP contribution is -2.30. The monoisotopic (exact) mass is 232 g/mol. The van der Waals surface area contributed by atoms with Gasteiger partial charge in [-0.15, -0.1) is 11.6 Å². The third kappa shape index (κ3) is 3.49. The Balaban J connectivity index is 2.57. The van der Waals surface area contributed by atoms with Crippen molar-refractivity contribution < 1.29 is 14.3 Å². The van der Waals surface area contributed by atoms with Crippen molar-refractivity contribution in [3.63, 3.8) is 0 Å². The number of ether oxygens (including phenoxy) is 1. The Hall–Kier alpha value is -0.570. The molecule has 0 aliphatic heterocycles. The van der Waals surface area contributed by atoms with Crippen molar-refractivity contribution in [2.24, 2.45) is 11.8 Å². The average molecular weight is 233 g/mol. The Morgan fingerprint density at radius 3 is 2.60 bits per heavy atom. The first-order chi connectivity index (χ1) is 7.19.